The Morgan fingerprint density at radius 1 is 0.612 bits per heavy atom. The molecular weight excluding hydrogens is 616 g/mol. The Balaban J connectivity index is 1.47. The van der Waals surface area contributed by atoms with E-state index in [1.54, 1.807) is 0 Å². The van der Waals surface area contributed by atoms with Gasteiger partial charge in [0.25, 0.3) is 0 Å². The molecule has 4 aromatic carbocycles. The maximum atomic E-state index is 10.8. The molecule has 4 aromatic rings. The molecule has 0 bridgehead atoms. The first kappa shape index (κ1) is 36.6. The Bertz CT molecular complexity index is 1480. The summed E-state index contributed by atoms with van der Waals surface area (Å²) in [5, 5.41) is 21.1. The second kappa shape index (κ2) is 19.5. The summed E-state index contributed by atoms with van der Waals surface area (Å²) in [5.41, 5.74) is 4.16. The second-order valence-electron chi connectivity index (χ2n) is 12.6. The highest BCUT2D eigenvalue weighted by molar-refractivity contribution is 5.17. The number of benzene rings is 4. The highest BCUT2D eigenvalue weighted by atomic mass is 16.6. The van der Waals surface area contributed by atoms with Crippen molar-refractivity contribution < 1.29 is 33.9 Å². The number of aliphatic hydroxyl groups is 2. The van der Waals surface area contributed by atoms with Crippen molar-refractivity contribution in [1.29, 1.82) is 0 Å². The number of hydrogen-bond donors (Lipinski definition) is 2. The fourth-order valence-electron chi connectivity index (χ4n) is 5.97. The van der Waals surface area contributed by atoms with Crippen LogP contribution in [-0.4, -0.2) is 59.5 Å². The molecule has 260 valence electrons. The lowest BCUT2D eigenvalue weighted by Gasteiger charge is -2.45. The summed E-state index contributed by atoms with van der Waals surface area (Å²) in [5.74, 6) is -0.322. The summed E-state index contributed by atoms with van der Waals surface area (Å²) in [6.45, 7) is 5.49. The van der Waals surface area contributed by atoms with Gasteiger partial charge < -0.3 is 33.9 Å². The van der Waals surface area contributed by atoms with Gasteiger partial charge in [0.05, 0.1) is 45.2 Å². The number of aliphatic hydroxyl groups excluding tert-OH is 2. The van der Waals surface area contributed by atoms with Crippen molar-refractivity contribution in [2.75, 3.05) is 6.61 Å². The summed E-state index contributed by atoms with van der Waals surface area (Å²) >= 11 is 0. The van der Waals surface area contributed by atoms with Crippen LogP contribution in [0, 0.1) is 5.92 Å². The molecule has 0 aromatic heterocycles. The van der Waals surface area contributed by atoms with E-state index in [0.29, 0.717) is 32.8 Å². The predicted molar refractivity (Wildman–Crippen MR) is 190 cm³/mol. The Morgan fingerprint density at radius 2 is 1.04 bits per heavy atom. The van der Waals surface area contributed by atoms with Crippen LogP contribution in [0.1, 0.15) is 42.5 Å². The number of ether oxygens (including phenoxy) is 5. The lowest BCUT2D eigenvalue weighted by atomic mass is 9.91. The SMILES string of the molecule is CC[C@@H](O)[C@@H](O)[C@@H](C)C=CC1OC(COCc2ccccc2)C(OCc2ccccc2)C(OCc2ccccc2)C1OCc1ccccc1. The van der Waals surface area contributed by atoms with E-state index in [0.717, 1.165) is 22.3 Å². The molecule has 0 saturated carbocycles. The zero-order valence-corrected chi connectivity index (χ0v) is 28.5. The molecule has 7 heteroatoms. The van der Waals surface area contributed by atoms with Crippen molar-refractivity contribution >= 4 is 0 Å². The van der Waals surface area contributed by atoms with Gasteiger partial charge in [0, 0.05) is 5.92 Å². The van der Waals surface area contributed by atoms with Crippen LogP contribution in [0.5, 0.6) is 0 Å². The van der Waals surface area contributed by atoms with Gasteiger partial charge in [-0.05, 0) is 28.7 Å². The molecule has 0 radical (unpaired) electrons. The lowest BCUT2D eigenvalue weighted by Crippen LogP contribution is -2.60. The van der Waals surface area contributed by atoms with Crippen LogP contribution in [0.2, 0.25) is 0 Å². The highest BCUT2D eigenvalue weighted by Gasteiger charge is 2.47. The van der Waals surface area contributed by atoms with Crippen molar-refractivity contribution in [3.63, 3.8) is 0 Å². The molecule has 0 amide bonds. The first-order chi connectivity index (χ1) is 24.0. The first-order valence-electron chi connectivity index (χ1n) is 17.3. The van der Waals surface area contributed by atoms with Crippen molar-refractivity contribution in [3.05, 3.63) is 156 Å². The molecule has 49 heavy (non-hydrogen) atoms. The Morgan fingerprint density at radius 3 is 1.51 bits per heavy atom. The molecule has 1 aliphatic rings. The van der Waals surface area contributed by atoms with E-state index in [1.807, 2.05) is 147 Å². The average molecular weight is 667 g/mol. The van der Waals surface area contributed by atoms with Crippen molar-refractivity contribution in [2.24, 2.45) is 5.92 Å². The van der Waals surface area contributed by atoms with Crippen molar-refractivity contribution in [1.82, 2.24) is 0 Å². The predicted octanol–water partition coefficient (Wildman–Crippen LogP) is 7.05. The van der Waals surface area contributed by atoms with Crippen molar-refractivity contribution in [3.8, 4) is 0 Å². The van der Waals surface area contributed by atoms with Crippen molar-refractivity contribution in [2.45, 2.75) is 89.4 Å². The summed E-state index contributed by atoms with van der Waals surface area (Å²) in [4.78, 5) is 0. The van der Waals surface area contributed by atoms with Crippen LogP contribution in [0.4, 0.5) is 0 Å². The van der Waals surface area contributed by atoms with Gasteiger partial charge in [-0.25, -0.2) is 0 Å². The lowest BCUT2D eigenvalue weighted by molar-refractivity contribution is -0.263. The van der Waals surface area contributed by atoms with Gasteiger partial charge >= 0.3 is 0 Å². The topological polar surface area (TPSA) is 86.6 Å². The van der Waals surface area contributed by atoms with Crippen LogP contribution in [0.25, 0.3) is 0 Å². The maximum absolute atomic E-state index is 10.8. The van der Waals surface area contributed by atoms with E-state index in [9.17, 15) is 10.2 Å². The molecule has 0 spiro atoms. The van der Waals surface area contributed by atoms with Gasteiger partial charge in [-0.2, -0.15) is 0 Å². The van der Waals surface area contributed by atoms with Gasteiger partial charge in [0.2, 0.25) is 0 Å². The minimum absolute atomic E-state index is 0.266. The number of rotatable bonds is 18. The smallest absolute Gasteiger partial charge is 0.116 e. The summed E-state index contributed by atoms with van der Waals surface area (Å²) in [6, 6.07) is 40.2. The molecule has 2 N–H and O–H groups in total. The van der Waals surface area contributed by atoms with Gasteiger partial charge in [0.15, 0.2) is 0 Å². The molecule has 5 unspecified atom stereocenters. The van der Waals surface area contributed by atoms with E-state index in [4.69, 9.17) is 23.7 Å². The van der Waals surface area contributed by atoms with Gasteiger partial charge in [-0.1, -0.05) is 147 Å². The first-order valence-corrected chi connectivity index (χ1v) is 17.3. The Labute approximate surface area is 291 Å². The Hall–Kier alpha value is -3.66. The zero-order chi connectivity index (χ0) is 34.3. The highest BCUT2D eigenvalue weighted by Crippen LogP contribution is 2.32. The molecular formula is C42H50O7. The Kier molecular flexibility index (Phi) is 14.6. The fraction of sp³-hybridized carbons (Fsp3) is 0.381. The molecule has 0 aliphatic carbocycles. The van der Waals surface area contributed by atoms with Crippen LogP contribution < -0.4 is 0 Å². The molecule has 1 aliphatic heterocycles. The third kappa shape index (κ3) is 11.2. The third-order valence-electron chi connectivity index (χ3n) is 8.87. The molecule has 1 fully saturated rings. The monoisotopic (exact) mass is 666 g/mol. The van der Waals surface area contributed by atoms with E-state index >= 15 is 0 Å². The molecule has 5 rings (SSSR count). The van der Waals surface area contributed by atoms with Gasteiger partial charge in [-0.3, -0.25) is 0 Å². The van der Waals surface area contributed by atoms with Crippen LogP contribution in [0.15, 0.2) is 133 Å². The van der Waals surface area contributed by atoms with Crippen LogP contribution in [0.3, 0.4) is 0 Å². The maximum Gasteiger partial charge on any atom is 0.116 e. The van der Waals surface area contributed by atoms with Crippen LogP contribution in [-0.2, 0) is 50.1 Å². The molecule has 1 saturated heterocycles. The van der Waals surface area contributed by atoms with Gasteiger partial charge in [-0.15, -0.1) is 0 Å². The van der Waals surface area contributed by atoms with E-state index in [-0.39, 0.29) is 12.5 Å². The molecule has 7 nitrogen and oxygen atoms in total. The fourth-order valence-corrected chi connectivity index (χ4v) is 5.97. The molecule has 1 heterocycles. The van der Waals surface area contributed by atoms with Gasteiger partial charge in [0.1, 0.15) is 30.5 Å². The minimum atomic E-state index is -0.911. The number of hydrogen-bond acceptors (Lipinski definition) is 7. The summed E-state index contributed by atoms with van der Waals surface area (Å²) in [7, 11) is 0. The third-order valence-corrected chi connectivity index (χ3v) is 8.87. The summed E-state index contributed by atoms with van der Waals surface area (Å²) in [6.07, 6.45) is -0.139. The average Bonchev–Trinajstić information content (AvgIpc) is 3.16. The van der Waals surface area contributed by atoms with E-state index in [2.05, 4.69) is 0 Å². The zero-order valence-electron chi connectivity index (χ0n) is 28.5. The van der Waals surface area contributed by atoms with Crippen LogP contribution >= 0.6 is 0 Å². The normalized spacial score (nSPS) is 22.9. The second-order valence-corrected chi connectivity index (χ2v) is 12.6. The molecule has 8 atom stereocenters. The minimum Gasteiger partial charge on any atom is -0.390 e. The summed E-state index contributed by atoms with van der Waals surface area (Å²) < 4.78 is 33.3. The quantitative estimate of drug-likeness (QED) is 0.110. The standard InChI is InChI=1S/C42H50O7/c1-3-36(43)39(44)31(2)24-25-37-40(46-27-33-18-10-5-11-19-33)42(48-29-35-22-14-7-15-23-35)41(47-28-34-20-12-6-13-21-34)38(49-37)30-45-26-32-16-8-4-9-17-32/h4-25,31,36-44H,3,26-30H2,1-2H3/t31-,36+,37?,38?,39-,40?,41?,42?/m0/s1. The largest absolute Gasteiger partial charge is 0.390 e. The van der Waals surface area contributed by atoms with E-state index < -0.39 is 42.7 Å². The van der Waals surface area contributed by atoms with E-state index in [1.165, 1.54) is 0 Å².